The fraction of sp³-hybridized carbons (Fsp3) is 0.444. The Balaban J connectivity index is 1.80. The van der Waals surface area contributed by atoms with Crippen molar-refractivity contribution in [2.45, 2.75) is 42.4 Å². The third-order valence-corrected chi connectivity index (χ3v) is 5.78. The maximum atomic E-state index is 3.51. The highest BCUT2D eigenvalue weighted by Gasteiger charge is 2.28. The van der Waals surface area contributed by atoms with Crippen molar-refractivity contribution >= 4 is 22.5 Å². The molecule has 0 spiro atoms. The van der Waals surface area contributed by atoms with Crippen LogP contribution in [0, 0.1) is 5.92 Å². The molecule has 3 unspecified atom stereocenters. The molecule has 0 heterocycles. The molecular weight excluding hydrogens is 262 g/mol. The molecule has 0 aliphatic heterocycles. The number of rotatable bonds is 3. The van der Waals surface area contributed by atoms with Gasteiger partial charge in [0.15, 0.2) is 0 Å². The Kier molecular flexibility index (Phi) is 4.32. The standard InChI is InChI=1S/C18H23NS/c1-13-7-10-17(19-2)18(11-13)20-16-9-8-14-5-3-4-6-15(14)12-16/h3-6,8-9,12-13,17-19H,7,10-11H2,1-2H3. The smallest absolute Gasteiger partial charge is 0.0250 e. The van der Waals surface area contributed by atoms with Gasteiger partial charge in [0.05, 0.1) is 0 Å². The van der Waals surface area contributed by atoms with E-state index in [-0.39, 0.29) is 0 Å². The quantitative estimate of drug-likeness (QED) is 0.876. The van der Waals surface area contributed by atoms with Crippen molar-refractivity contribution in [1.29, 1.82) is 0 Å². The average Bonchev–Trinajstić information content (AvgIpc) is 2.47. The van der Waals surface area contributed by atoms with E-state index in [0.717, 1.165) is 5.92 Å². The topological polar surface area (TPSA) is 12.0 Å². The Labute approximate surface area is 126 Å². The first kappa shape index (κ1) is 14.0. The summed E-state index contributed by atoms with van der Waals surface area (Å²) in [6, 6.07) is 16.1. The van der Waals surface area contributed by atoms with Crippen LogP contribution in [0.4, 0.5) is 0 Å². The molecule has 0 saturated heterocycles. The molecule has 0 amide bonds. The Morgan fingerprint density at radius 1 is 1.05 bits per heavy atom. The van der Waals surface area contributed by atoms with Gasteiger partial charge in [-0.1, -0.05) is 37.3 Å². The third-order valence-electron chi connectivity index (χ3n) is 4.43. The van der Waals surface area contributed by atoms with Crippen LogP contribution in [-0.4, -0.2) is 18.3 Å². The summed E-state index contributed by atoms with van der Waals surface area (Å²) in [5, 5.41) is 6.89. The van der Waals surface area contributed by atoms with E-state index in [1.807, 2.05) is 0 Å². The highest BCUT2D eigenvalue weighted by atomic mass is 32.2. The summed E-state index contributed by atoms with van der Waals surface area (Å²) in [4.78, 5) is 1.41. The van der Waals surface area contributed by atoms with Gasteiger partial charge in [-0.3, -0.25) is 0 Å². The van der Waals surface area contributed by atoms with Crippen molar-refractivity contribution in [2.24, 2.45) is 5.92 Å². The number of hydrogen-bond acceptors (Lipinski definition) is 2. The fourth-order valence-electron chi connectivity index (χ4n) is 3.20. The van der Waals surface area contributed by atoms with Crippen molar-refractivity contribution < 1.29 is 0 Å². The second-order valence-electron chi connectivity index (χ2n) is 5.98. The second-order valence-corrected chi connectivity index (χ2v) is 7.29. The number of hydrogen-bond donors (Lipinski definition) is 1. The third kappa shape index (κ3) is 3.02. The molecule has 0 aromatic heterocycles. The van der Waals surface area contributed by atoms with Crippen LogP contribution >= 0.6 is 11.8 Å². The highest BCUT2D eigenvalue weighted by molar-refractivity contribution is 8.00. The fourth-order valence-corrected chi connectivity index (χ4v) is 4.76. The van der Waals surface area contributed by atoms with Gasteiger partial charge >= 0.3 is 0 Å². The van der Waals surface area contributed by atoms with Gasteiger partial charge in [-0.05, 0) is 55.1 Å². The Hall–Kier alpha value is -0.990. The Bertz CT molecular complexity index is 580. The minimum atomic E-state index is 0.655. The Morgan fingerprint density at radius 3 is 2.65 bits per heavy atom. The predicted molar refractivity (Wildman–Crippen MR) is 89.5 cm³/mol. The largest absolute Gasteiger partial charge is 0.316 e. The number of thioether (sulfide) groups is 1. The molecule has 1 saturated carbocycles. The normalized spacial score (nSPS) is 26.8. The van der Waals surface area contributed by atoms with Gasteiger partial charge in [-0.2, -0.15) is 0 Å². The molecule has 2 aromatic carbocycles. The van der Waals surface area contributed by atoms with Gasteiger partial charge in [0.2, 0.25) is 0 Å². The summed E-state index contributed by atoms with van der Waals surface area (Å²) in [6.07, 6.45) is 3.99. The average molecular weight is 285 g/mol. The minimum Gasteiger partial charge on any atom is -0.316 e. The van der Waals surface area contributed by atoms with Crippen LogP contribution in [0.25, 0.3) is 10.8 Å². The number of nitrogens with one attached hydrogen (secondary N) is 1. The highest BCUT2D eigenvalue weighted by Crippen LogP contribution is 2.37. The van der Waals surface area contributed by atoms with E-state index in [1.165, 1.54) is 34.9 Å². The van der Waals surface area contributed by atoms with Crippen molar-refractivity contribution in [2.75, 3.05) is 7.05 Å². The molecule has 106 valence electrons. The summed E-state index contributed by atoms with van der Waals surface area (Å²) in [5.74, 6) is 0.859. The molecule has 1 aliphatic rings. The first-order valence-corrected chi connectivity index (χ1v) is 8.47. The van der Waals surface area contributed by atoms with Crippen molar-refractivity contribution in [3.05, 3.63) is 42.5 Å². The Morgan fingerprint density at radius 2 is 1.85 bits per heavy atom. The van der Waals surface area contributed by atoms with E-state index >= 15 is 0 Å². The molecule has 1 nitrogen and oxygen atoms in total. The summed E-state index contributed by atoms with van der Waals surface area (Å²) in [7, 11) is 2.11. The van der Waals surface area contributed by atoms with Crippen LogP contribution in [0.1, 0.15) is 26.2 Å². The zero-order valence-corrected chi connectivity index (χ0v) is 13.1. The molecule has 1 aliphatic carbocycles. The van der Waals surface area contributed by atoms with Gasteiger partial charge < -0.3 is 5.32 Å². The lowest BCUT2D eigenvalue weighted by atomic mass is 9.87. The molecule has 2 aromatic rings. The molecule has 1 N–H and O–H groups in total. The van der Waals surface area contributed by atoms with E-state index in [2.05, 4.69) is 73.5 Å². The van der Waals surface area contributed by atoms with Gasteiger partial charge in [0, 0.05) is 16.2 Å². The van der Waals surface area contributed by atoms with Gasteiger partial charge in [0.25, 0.3) is 0 Å². The number of benzene rings is 2. The minimum absolute atomic E-state index is 0.655. The molecular formula is C18H23NS. The first-order valence-electron chi connectivity index (χ1n) is 7.59. The molecule has 1 fully saturated rings. The van der Waals surface area contributed by atoms with Crippen molar-refractivity contribution in [3.63, 3.8) is 0 Å². The van der Waals surface area contributed by atoms with Crippen LogP contribution in [0.5, 0.6) is 0 Å². The van der Waals surface area contributed by atoms with Crippen molar-refractivity contribution in [1.82, 2.24) is 5.32 Å². The summed E-state index contributed by atoms with van der Waals surface area (Å²) < 4.78 is 0. The lowest BCUT2D eigenvalue weighted by Crippen LogP contribution is -2.40. The molecule has 20 heavy (non-hydrogen) atoms. The van der Waals surface area contributed by atoms with E-state index in [1.54, 1.807) is 0 Å². The zero-order valence-electron chi connectivity index (χ0n) is 12.3. The van der Waals surface area contributed by atoms with Crippen LogP contribution < -0.4 is 5.32 Å². The summed E-state index contributed by atoms with van der Waals surface area (Å²) >= 11 is 2.05. The number of fused-ring (bicyclic) bond motifs is 1. The molecule has 3 rings (SSSR count). The summed E-state index contributed by atoms with van der Waals surface area (Å²) in [5.41, 5.74) is 0. The predicted octanol–water partition coefficient (Wildman–Crippen LogP) is 4.71. The van der Waals surface area contributed by atoms with E-state index in [9.17, 15) is 0 Å². The van der Waals surface area contributed by atoms with Crippen molar-refractivity contribution in [3.8, 4) is 0 Å². The van der Waals surface area contributed by atoms with Gasteiger partial charge in [-0.15, -0.1) is 11.8 Å². The zero-order chi connectivity index (χ0) is 13.9. The molecule has 2 heteroatoms. The van der Waals surface area contributed by atoms with E-state index in [0.29, 0.717) is 11.3 Å². The SMILES string of the molecule is CNC1CCC(C)CC1Sc1ccc2ccccc2c1. The summed E-state index contributed by atoms with van der Waals surface area (Å²) in [6.45, 7) is 2.39. The molecule has 0 bridgehead atoms. The monoisotopic (exact) mass is 285 g/mol. The van der Waals surface area contributed by atoms with Crippen LogP contribution in [0.2, 0.25) is 0 Å². The molecule has 3 atom stereocenters. The lowest BCUT2D eigenvalue weighted by molar-refractivity contribution is 0.329. The van der Waals surface area contributed by atoms with E-state index in [4.69, 9.17) is 0 Å². The maximum absolute atomic E-state index is 3.51. The van der Waals surface area contributed by atoms with Gasteiger partial charge in [-0.25, -0.2) is 0 Å². The lowest BCUT2D eigenvalue weighted by Gasteiger charge is -2.34. The van der Waals surface area contributed by atoms with E-state index < -0.39 is 0 Å². The second kappa shape index (κ2) is 6.19. The van der Waals surface area contributed by atoms with Crippen LogP contribution in [-0.2, 0) is 0 Å². The van der Waals surface area contributed by atoms with Gasteiger partial charge in [0.1, 0.15) is 0 Å². The maximum Gasteiger partial charge on any atom is 0.0250 e. The van der Waals surface area contributed by atoms with Crippen LogP contribution in [0.15, 0.2) is 47.4 Å². The molecule has 0 radical (unpaired) electrons. The first-order chi connectivity index (χ1) is 9.76. The van der Waals surface area contributed by atoms with Crippen LogP contribution in [0.3, 0.4) is 0 Å².